The van der Waals surface area contributed by atoms with Crippen LogP contribution in [0.1, 0.15) is 50.1 Å². The van der Waals surface area contributed by atoms with Gasteiger partial charge in [-0.3, -0.25) is 4.90 Å². The van der Waals surface area contributed by atoms with Gasteiger partial charge in [0.25, 0.3) is 0 Å². The Hall–Kier alpha value is -0.380. The fourth-order valence-corrected chi connectivity index (χ4v) is 3.57. The van der Waals surface area contributed by atoms with Gasteiger partial charge in [-0.15, -0.1) is 11.3 Å². The zero-order valence-corrected chi connectivity index (χ0v) is 12.6. The summed E-state index contributed by atoms with van der Waals surface area (Å²) < 4.78 is 0. The fourth-order valence-electron chi connectivity index (χ4n) is 2.38. The van der Waals surface area contributed by atoms with Gasteiger partial charge in [-0.1, -0.05) is 13.3 Å². The lowest BCUT2D eigenvalue weighted by Crippen LogP contribution is -2.41. The summed E-state index contributed by atoms with van der Waals surface area (Å²) in [7, 11) is 2.20. The molecular formula is C14H26N2S. The summed E-state index contributed by atoms with van der Waals surface area (Å²) in [5.41, 5.74) is 7.57. The first kappa shape index (κ1) is 14.7. The van der Waals surface area contributed by atoms with Crippen molar-refractivity contribution in [3.8, 4) is 0 Å². The van der Waals surface area contributed by atoms with Crippen molar-refractivity contribution in [3.63, 3.8) is 0 Å². The van der Waals surface area contributed by atoms with Crippen molar-refractivity contribution >= 4 is 11.3 Å². The third-order valence-electron chi connectivity index (χ3n) is 3.51. The minimum atomic E-state index is 0.164. The molecular weight excluding hydrogens is 228 g/mol. The molecule has 3 unspecified atom stereocenters. The number of hydrogen-bond acceptors (Lipinski definition) is 3. The molecule has 1 aromatic heterocycles. The summed E-state index contributed by atoms with van der Waals surface area (Å²) >= 11 is 1.83. The van der Waals surface area contributed by atoms with Crippen LogP contribution in [0.2, 0.25) is 0 Å². The monoisotopic (exact) mass is 254 g/mol. The lowest BCUT2D eigenvalue weighted by Gasteiger charge is -2.35. The predicted octanol–water partition coefficient (Wildman–Crippen LogP) is 3.57. The van der Waals surface area contributed by atoms with Crippen LogP contribution in [0.3, 0.4) is 0 Å². The lowest BCUT2D eigenvalue weighted by atomic mass is 10.0. The average Bonchev–Trinajstić information content (AvgIpc) is 2.65. The highest BCUT2D eigenvalue weighted by Gasteiger charge is 2.26. The van der Waals surface area contributed by atoms with E-state index in [1.165, 1.54) is 23.3 Å². The fraction of sp³-hybridized carbons (Fsp3) is 0.714. The van der Waals surface area contributed by atoms with Crippen LogP contribution in [0.5, 0.6) is 0 Å². The third kappa shape index (κ3) is 3.54. The Bertz CT molecular complexity index is 333. The number of likely N-dealkylation sites (N-methyl/N-ethyl adjacent to an activating group) is 1. The quantitative estimate of drug-likeness (QED) is 0.841. The van der Waals surface area contributed by atoms with Crippen LogP contribution < -0.4 is 5.73 Å². The van der Waals surface area contributed by atoms with E-state index in [1.54, 1.807) is 0 Å². The molecule has 0 aliphatic rings. The van der Waals surface area contributed by atoms with E-state index in [4.69, 9.17) is 5.73 Å². The average molecular weight is 254 g/mol. The van der Waals surface area contributed by atoms with Crippen LogP contribution in [0, 0.1) is 6.92 Å². The van der Waals surface area contributed by atoms with Gasteiger partial charge < -0.3 is 5.73 Å². The Morgan fingerprint density at radius 2 is 2.06 bits per heavy atom. The van der Waals surface area contributed by atoms with Crippen LogP contribution in [-0.4, -0.2) is 24.0 Å². The van der Waals surface area contributed by atoms with Gasteiger partial charge in [-0.2, -0.15) is 0 Å². The van der Waals surface area contributed by atoms with Crippen molar-refractivity contribution < 1.29 is 0 Å². The molecule has 0 amide bonds. The van der Waals surface area contributed by atoms with E-state index >= 15 is 0 Å². The normalized spacial score (nSPS) is 17.1. The molecule has 1 heterocycles. The van der Waals surface area contributed by atoms with E-state index in [0.717, 1.165) is 0 Å². The molecule has 3 heteroatoms. The summed E-state index contributed by atoms with van der Waals surface area (Å²) in [5, 5.41) is 2.17. The summed E-state index contributed by atoms with van der Waals surface area (Å²) in [6.07, 6.45) is 2.45. The molecule has 0 bridgehead atoms. The minimum absolute atomic E-state index is 0.164. The number of thiophene rings is 1. The van der Waals surface area contributed by atoms with E-state index in [2.05, 4.69) is 51.1 Å². The molecule has 2 N–H and O–H groups in total. The standard InChI is InChI=1S/C14H26N2S/c1-6-7-11(3)16(5)13(12(4)15)14-10(2)8-9-17-14/h8-9,11-13H,6-7,15H2,1-5H3. The Balaban J connectivity index is 2.90. The van der Waals surface area contributed by atoms with Crippen molar-refractivity contribution in [3.05, 3.63) is 21.9 Å². The summed E-state index contributed by atoms with van der Waals surface area (Å²) in [6, 6.07) is 3.28. The largest absolute Gasteiger partial charge is 0.326 e. The molecule has 3 atom stereocenters. The number of nitrogens with two attached hydrogens (primary N) is 1. The Morgan fingerprint density at radius 1 is 1.41 bits per heavy atom. The first-order chi connectivity index (χ1) is 7.99. The molecule has 98 valence electrons. The van der Waals surface area contributed by atoms with Gasteiger partial charge in [0, 0.05) is 17.0 Å². The molecule has 0 spiro atoms. The first-order valence-electron chi connectivity index (χ1n) is 6.50. The van der Waals surface area contributed by atoms with Crippen molar-refractivity contribution in [1.82, 2.24) is 4.90 Å². The molecule has 0 saturated heterocycles. The zero-order chi connectivity index (χ0) is 13.0. The van der Waals surface area contributed by atoms with Gasteiger partial charge in [0.15, 0.2) is 0 Å². The number of rotatable bonds is 6. The maximum atomic E-state index is 6.20. The second-order valence-electron chi connectivity index (χ2n) is 5.07. The third-order valence-corrected chi connectivity index (χ3v) is 4.60. The highest BCUT2D eigenvalue weighted by atomic mass is 32.1. The zero-order valence-electron chi connectivity index (χ0n) is 11.7. The summed E-state index contributed by atoms with van der Waals surface area (Å²) in [6.45, 7) is 8.82. The molecule has 0 aromatic carbocycles. The maximum absolute atomic E-state index is 6.20. The van der Waals surface area contributed by atoms with Crippen LogP contribution >= 0.6 is 11.3 Å². The van der Waals surface area contributed by atoms with Crippen LogP contribution in [0.25, 0.3) is 0 Å². The van der Waals surface area contributed by atoms with Crippen LogP contribution in [0.15, 0.2) is 11.4 Å². The van der Waals surface area contributed by atoms with E-state index in [1.807, 2.05) is 11.3 Å². The van der Waals surface area contributed by atoms with Gasteiger partial charge in [0.1, 0.15) is 0 Å². The SMILES string of the molecule is CCCC(C)N(C)C(c1sccc1C)C(C)N. The van der Waals surface area contributed by atoms with E-state index < -0.39 is 0 Å². The van der Waals surface area contributed by atoms with E-state index in [0.29, 0.717) is 12.1 Å². The topological polar surface area (TPSA) is 29.3 Å². The molecule has 0 radical (unpaired) electrons. The molecule has 0 aliphatic heterocycles. The van der Waals surface area contributed by atoms with Gasteiger partial charge in [0.05, 0.1) is 6.04 Å². The highest BCUT2D eigenvalue weighted by molar-refractivity contribution is 7.10. The van der Waals surface area contributed by atoms with E-state index in [9.17, 15) is 0 Å². The maximum Gasteiger partial charge on any atom is 0.0593 e. The second kappa shape index (κ2) is 6.53. The molecule has 0 saturated carbocycles. The first-order valence-corrected chi connectivity index (χ1v) is 7.38. The molecule has 1 rings (SSSR count). The Kier molecular flexibility index (Phi) is 5.63. The van der Waals surface area contributed by atoms with Crippen LogP contribution in [-0.2, 0) is 0 Å². The second-order valence-corrected chi connectivity index (χ2v) is 6.02. The van der Waals surface area contributed by atoms with Crippen molar-refractivity contribution in [2.75, 3.05) is 7.05 Å². The Morgan fingerprint density at radius 3 is 2.47 bits per heavy atom. The number of nitrogens with zero attached hydrogens (tertiary/aromatic N) is 1. The van der Waals surface area contributed by atoms with Gasteiger partial charge >= 0.3 is 0 Å². The summed E-state index contributed by atoms with van der Waals surface area (Å²) in [5.74, 6) is 0. The van der Waals surface area contributed by atoms with Gasteiger partial charge in [0.2, 0.25) is 0 Å². The highest BCUT2D eigenvalue weighted by Crippen LogP contribution is 2.31. The van der Waals surface area contributed by atoms with Crippen molar-refractivity contribution in [2.45, 2.75) is 58.7 Å². The number of hydrogen-bond donors (Lipinski definition) is 1. The Labute approximate surface area is 110 Å². The van der Waals surface area contributed by atoms with Gasteiger partial charge in [-0.25, -0.2) is 0 Å². The number of aryl methyl sites for hydroxylation is 1. The minimum Gasteiger partial charge on any atom is -0.326 e. The van der Waals surface area contributed by atoms with Crippen molar-refractivity contribution in [2.24, 2.45) is 5.73 Å². The predicted molar refractivity (Wildman–Crippen MR) is 77.6 cm³/mol. The molecule has 1 aromatic rings. The van der Waals surface area contributed by atoms with Crippen LogP contribution in [0.4, 0.5) is 0 Å². The smallest absolute Gasteiger partial charge is 0.0593 e. The van der Waals surface area contributed by atoms with Crippen molar-refractivity contribution in [1.29, 1.82) is 0 Å². The molecule has 0 aliphatic carbocycles. The summed E-state index contributed by atoms with van der Waals surface area (Å²) in [4.78, 5) is 3.86. The van der Waals surface area contributed by atoms with E-state index in [-0.39, 0.29) is 6.04 Å². The van der Waals surface area contributed by atoms with Gasteiger partial charge in [-0.05, 0) is 51.2 Å². The molecule has 0 fully saturated rings. The molecule has 2 nitrogen and oxygen atoms in total. The molecule has 17 heavy (non-hydrogen) atoms. The lowest BCUT2D eigenvalue weighted by molar-refractivity contribution is 0.159.